The Kier molecular flexibility index (Phi) is 4.07. The minimum Gasteiger partial charge on any atom is -0.481 e. The number of carbonyl (C=O) groups is 1. The minimum absolute atomic E-state index is 0.228. The van der Waals surface area contributed by atoms with Gasteiger partial charge >= 0.3 is 5.97 Å². The van der Waals surface area contributed by atoms with E-state index >= 15 is 0 Å². The lowest BCUT2D eigenvalue weighted by molar-refractivity contribution is -0.142. The number of aliphatic carboxylic acids is 1. The van der Waals surface area contributed by atoms with Gasteiger partial charge in [0.15, 0.2) is 0 Å². The van der Waals surface area contributed by atoms with Crippen LogP contribution in [-0.4, -0.2) is 29.1 Å². The first kappa shape index (κ1) is 13.6. The molecule has 1 saturated heterocycles. The highest BCUT2D eigenvalue weighted by molar-refractivity contribution is 9.10. The molecule has 2 rings (SSSR count). The molecule has 0 aliphatic carbocycles. The fourth-order valence-corrected chi connectivity index (χ4v) is 3.16. The van der Waals surface area contributed by atoms with Crippen LogP contribution in [0.1, 0.15) is 18.1 Å². The van der Waals surface area contributed by atoms with Gasteiger partial charge in [-0.2, -0.15) is 0 Å². The summed E-state index contributed by atoms with van der Waals surface area (Å²) in [4.78, 5) is 13.3. The van der Waals surface area contributed by atoms with E-state index in [-0.39, 0.29) is 11.8 Å². The maximum absolute atomic E-state index is 11.1. The summed E-state index contributed by atoms with van der Waals surface area (Å²) in [5, 5.41) is 9.12. The summed E-state index contributed by atoms with van der Waals surface area (Å²) in [6.45, 7) is 6.40. The van der Waals surface area contributed by atoms with Crippen LogP contribution in [0, 0.1) is 18.8 Å². The fraction of sp³-hybridized carbons (Fsp3) is 0.500. The molecule has 18 heavy (non-hydrogen) atoms. The van der Waals surface area contributed by atoms with E-state index in [1.165, 1.54) is 11.1 Å². The Morgan fingerprint density at radius 3 is 2.78 bits per heavy atom. The monoisotopic (exact) mass is 311 g/mol. The lowest BCUT2D eigenvalue weighted by Gasteiger charge is -2.16. The molecule has 0 spiro atoms. The number of hydrogen-bond acceptors (Lipinski definition) is 2. The summed E-state index contributed by atoms with van der Waals surface area (Å²) >= 11 is 3.57. The second-order valence-electron chi connectivity index (χ2n) is 5.21. The quantitative estimate of drug-likeness (QED) is 0.933. The molecule has 1 aliphatic heterocycles. The second-order valence-corrected chi connectivity index (χ2v) is 6.07. The van der Waals surface area contributed by atoms with Crippen molar-refractivity contribution in [2.75, 3.05) is 13.1 Å². The Morgan fingerprint density at radius 2 is 2.22 bits per heavy atom. The lowest BCUT2D eigenvalue weighted by atomic mass is 9.99. The molecule has 0 unspecified atom stereocenters. The normalized spacial score (nSPS) is 24.4. The average molecular weight is 312 g/mol. The zero-order valence-electron chi connectivity index (χ0n) is 10.7. The molecule has 0 bridgehead atoms. The standard InChI is InChI=1S/C14H18BrNO2/c1-9-3-4-11(13(15)5-9)7-16-6-10(2)12(8-16)14(17)18/h3-5,10,12H,6-8H2,1-2H3,(H,17,18)/t10-,12-/m1/s1. The summed E-state index contributed by atoms with van der Waals surface area (Å²) in [6, 6.07) is 6.30. The van der Waals surface area contributed by atoms with E-state index < -0.39 is 5.97 Å². The van der Waals surface area contributed by atoms with Crippen molar-refractivity contribution in [3.63, 3.8) is 0 Å². The van der Waals surface area contributed by atoms with Gasteiger partial charge in [-0.25, -0.2) is 0 Å². The number of nitrogens with zero attached hydrogens (tertiary/aromatic N) is 1. The highest BCUT2D eigenvalue weighted by Crippen LogP contribution is 2.27. The third-order valence-electron chi connectivity index (χ3n) is 3.61. The average Bonchev–Trinajstić information content (AvgIpc) is 2.64. The predicted octanol–water partition coefficient (Wildman–Crippen LogP) is 2.91. The first-order valence-electron chi connectivity index (χ1n) is 6.17. The molecular formula is C14H18BrNO2. The van der Waals surface area contributed by atoms with Crippen molar-refractivity contribution >= 4 is 21.9 Å². The van der Waals surface area contributed by atoms with Gasteiger partial charge in [-0.05, 0) is 30.0 Å². The maximum atomic E-state index is 11.1. The van der Waals surface area contributed by atoms with Crippen molar-refractivity contribution in [3.05, 3.63) is 33.8 Å². The van der Waals surface area contributed by atoms with Gasteiger partial charge in [0.05, 0.1) is 5.92 Å². The molecule has 1 aliphatic rings. The van der Waals surface area contributed by atoms with Crippen molar-refractivity contribution in [3.8, 4) is 0 Å². The van der Waals surface area contributed by atoms with Gasteiger partial charge in [-0.3, -0.25) is 9.69 Å². The first-order chi connectivity index (χ1) is 8.47. The molecule has 98 valence electrons. The number of likely N-dealkylation sites (tertiary alicyclic amines) is 1. The van der Waals surface area contributed by atoms with Gasteiger partial charge in [-0.15, -0.1) is 0 Å². The summed E-state index contributed by atoms with van der Waals surface area (Å²) in [5.41, 5.74) is 2.45. The Labute approximate surface area is 116 Å². The van der Waals surface area contributed by atoms with Gasteiger partial charge < -0.3 is 5.11 Å². The number of halogens is 1. The Bertz CT molecular complexity index is 461. The van der Waals surface area contributed by atoms with E-state index in [1.54, 1.807) is 0 Å². The lowest BCUT2D eigenvalue weighted by Crippen LogP contribution is -2.23. The van der Waals surface area contributed by atoms with Crippen LogP contribution in [-0.2, 0) is 11.3 Å². The third kappa shape index (κ3) is 2.93. The topological polar surface area (TPSA) is 40.5 Å². The summed E-state index contributed by atoms with van der Waals surface area (Å²) in [7, 11) is 0. The minimum atomic E-state index is -0.673. The molecule has 3 nitrogen and oxygen atoms in total. The zero-order valence-corrected chi connectivity index (χ0v) is 12.3. The molecule has 4 heteroatoms. The molecule has 2 atom stereocenters. The molecule has 0 amide bonds. The van der Waals surface area contributed by atoms with Gasteiger partial charge in [0.2, 0.25) is 0 Å². The SMILES string of the molecule is Cc1ccc(CN2C[C@@H](C)[C@H](C(=O)O)C2)c(Br)c1. The molecule has 1 fully saturated rings. The molecule has 1 heterocycles. The Morgan fingerprint density at radius 1 is 1.50 bits per heavy atom. The van der Waals surface area contributed by atoms with Crippen molar-refractivity contribution < 1.29 is 9.90 Å². The molecular weight excluding hydrogens is 294 g/mol. The van der Waals surface area contributed by atoms with Gasteiger partial charge in [0.1, 0.15) is 0 Å². The largest absolute Gasteiger partial charge is 0.481 e. The van der Waals surface area contributed by atoms with E-state index in [1.807, 2.05) is 6.92 Å². The van der Waals surface area contributed by atoms with E-state index in [0.29, 0.717) is 6.54 Å². The summed E-state index contributed by atoms with van der Waals surface area (Å²) in [6.07, 6.45) is 0. The zero-order chi connectivity index (χ0) is 13.3. The molecule has 1 N–H and O–H groups in total. The van der Waals surface area contributed by atoms with Gasteiger partial charge in [0, 0.05) is 24.1 Å². The first-order valence-corrected chi connectivity index (χ1v) is 6.97. The molecule has 0 saturated carbocycles. The fourth-order valence-electron chi connectivity index (χ4n) is 2.54. The van der Waals surface area contributed by atoms with Gasteiger partial charge in [-0.1, -0.05) is 35.0 Å². The highest BCUT2D eigenvalue weighted by Gasteiger charge is 2.34. The number of carboxylic acids is 1. The molecule has 0 radical (unpaired) electrons. The smallest absolute Gasteiger partial charge is 0.308 e. The van der Waals surface area contributed by atoms with Crippen molar-refractivity contribution in [2.24, 2.45) is 11.8 Å². The van der Waals surface area contributed by atoms with Crippen molar-refractivity contribution in [2.45, 2.75) is 20.4 Å². The maximum Gasteiger partial charge on any atom is 0.308 e. The van der Waals surface area contributed by atoms with E-state index in [9.17, 15) is 4.79 Å². The Balaban J connectivity index is 2.05. The van der Waals surface area contributed by atoms with E-state index in [2.05, 4.69) is 46.0 Å². The molecule has 0 aromatic heterocycles. The van der Waals surface area contributed by atoms with Crippen LogP contribution in [0.5, 0.6) is 0 Å². The van der Waals surface area contributed by atoms with Gasteiger partial charge in [0.25, 0.3) is 0 Å². The number of benzene rings is 1. The van der Waals surface area contributed by atoms with Crippen LogP contribution >= 0.6 is 15.9 Å². The number of rotatable bonds is 3. The van der Waals surface area contributed by atoms with Crippen molar-refractivity contribution in [1.82, 2.24) is 4.90 Å². The molecule has 1 aromatic rings. The van der Waals surface area contributed by atoms with Crippen LogP contribution < -0.4 is 0 Å². The third-order valence-corrected chi connectivity index (χ3v) is 4.35. The van der Waals surface area contributed by atoms with Crippen LogP contribution in [0.4, 0.5) is 0 Å². The number of hydrogen-bond donors (Lipinski definition) is 1. The molecule has 1 aromatic carbocycles. The second kappa shape index (κ2) is 5.41. The summed E-state index contributed by atoms with van der Waals surface area (Å²) in [5.74, 6) is -0.672. The Hall–Kier alpha value is -0.870. The number of aryl methyl sites for hydroxylation is 1. The predicted molar refractivity (Wildman–Crippen MR) is 74.4 cm³/mol. The van der Waals surface area contributed by atoms with Crippen LogP contribution in [0.2, 0.25) is 0 Å². The van der Waals surface area contributed by atoms with E-state index in [0.717, 1.165) is 17.6 Å². The van der Waals surface area contributed by atoms with E-state index in [4.69, 9.17) is 5.11 Å². The van der Waals surface area contributed by atoms with Crippen molar-refractivity contribution in [1.29, 1.82) is 0 Å². The highest BCUT2D eigenvalue weighted by atomic mass is 79.9. The van der Waals surface area contributed by atoms with Crippen LogP contribution in [0.15, 0.2) is 22.7 Å². The summed E-state index contributed by atoms with van der Waals surface area (Å²) < 4.78 is 1.11. The van der Waals surface area contributed by atoms with Crippen LogP contribution in [0.25, 0.3) is 0 Å². The van der Waals surface area contributed by atoms with Crippen LogP contribution in [0.3, 0.4) is 0 Å². The number of carboxylic acid groups (broad SMARTS) is 1.